The quantitative estimate of drug-likeness (QED) is 0.560. The second-order valence-electron chi connectivity index (χ2n) is 8.66. The molecule has 1 aliphatic heterocycles. The molecule has 174 valence electrons. The van der Waals surface area contributed by atoms with Crippen molar-refractivity contribution in [3.05, 3.63) is 57.0 Å². The van der Waals surface area contributed by atoms with Crippen LogP contribution >= 0.6 is 11.3 Å². The molecule has 3 heterocycles. The zero-order chi connectivity index (χ0) is 22.9. The van der Waals surface area contributed by atoms with Crippen LogP contribution in [0.5, 0.6) is 5.75 Å². The number of hydrogen-bond donors (Lipinski definition) is 0. The first kappa shape index (κ1) is 22.0. The summed E-state index contributed by atoms with van der Waals surface area (Å²) in [5.74, 6) is -1.37. The number of amides is 1. The topological polar surface area (TPSA) is 64.4 Å². The Labute approximate surface area is 193 Å². The number of fused-ring (bicyclic) bond motifs is 3. The van der Waals surface area contributed by atoms with Crippen LogP contribution in [0.1, 0.15) is 42.5 Å². The normalized spacial score (nSPS) is 16.7. The molecule has 9 heteroatoms. The minimum Gasteiger partial charge on any atom is -0.487 e. The number of carbonyl (C=O) groups is 1. The standard InChI is InChI=1S/C24H25F2N3O3S/c25-15-5-6-19(18(26)13-15)32-16-7-10-28(11-8-16)21(30)9-12-29-14-27-23-22(24(29)31)17-3-1-2-4-20(17)33-23/h5-6,13-14,16H,1-4,7-12H2. The zero-order valence-electron chi connectivity index (χ0n) is 18.2. The Balaban J connectivity index is 1.18. The zero-order valence-corrected chi connectivity index (χ0v) is 19.0. The molecule has 0 bridgehead atoms. The number of rotatable bonds is 5. The molecule has 33 heavy (non-hydrogen) atoms. The molecule has 0 N–H and O–H groups in total. The van der Waals surface area contributed by atoms with E-state index in [4.69, 9.17) is 4.74 Å². The maximum Gasteiger partial charge on any atom is 0.262 e. The van der Waals surface area contributed by atoms with E-state index in [1.165, 1.54) is 10.9 Å². The number of halogens is 2. The fourth-order valence-corrected chi connectivity index (χ4v) is 5.91. The largest absolute Gasteiger partial charge is 0.487 e. The van der Waals surface area contributed by atoms with Crippen LogP contribution in [-0.2, 0) is 24.2 Å². The molecule has 3 aromatic rings. The highest BCUT2D eigenvalue weighted by Gasteiger charge is 2.25. The van der Waals surface area contributed by atoms with Gasteiger partial charge in [0.1, 0.15) is 16.8 Å². The van der Waals surface area contributed by atoms with Crippen molar-refractivity contribution in [2.24, 2.45) is 0 Å². The lowest BCUT2D eigenvalue weighted by atomic mass is 9.97. The maximum absolute atomic E-state index is 13.8. The van der Waals surface area contributed by atoms with Gasteiger partial charge in [0.2, 0.25) is 5.91 Å². The molecule has 1 saturated heterocycles. The predicted octanol–water partition coefficient (Wildman–Crippen LogP) is 4.08. The van der Waals surface area contributed by atoms with Gasteiger partial charge < -0.3 is 9.64 Å². The van der Waals surface area contributed by atoms with Crippen molar-refractivity contribution in [2.45, 2.75) is 57.6 Å². The summed E-state index contributed by atoms with van der Waals surface area (Å²) in [5, 5.41) is 0.732. The summed E-state index contributed by atoms with van der Waals surface area (Å²) < 4.78 is 34.1. The van der Waals surface area contributed by atoms with E-state index in [9.17, 15) is 18.4 Å². The van der Waals surface area contributed by atoms with Gasteiger partial charge in [-0.3, -0.25) is 14.2 Å². The molecule has 0 atom stereocenters. The van der Waals surface area contributed by atoms with Crippen molar-refractivity contribution >= 4 is 27.5 Å². The number of hydrogen-bond acceptors (Lipinski definition) is 5. The van der Waals surface area contributed by atoms with Gasteiger partial charge >= 0.3 is 0 Å². The van der Waals surface area contributed by atoms with Crippen molar-refractivity contribution in [3.8, 4) is 5.75 Å². The molecular weight excluding hydrogens is 448 g/mol. The van der Waals surface area contributed by atoms with Gasteiger partial charge in [-0.05, 0) is 43.4 Å². The van der Waals surface area contributed by atoms with Crippen LogP contribution < -0.4 is 10.3 Å². The van der Waals surface area contributed by atoms with E-state index >= 15 is 0 Å². The van der Waals surface area contributed by atoms with E-state index < -0.39 is 11.6 Å². The molecule has 6 nitrogen and oxygen atoms in total. The summed E-state index contributed by atoms with van der Waals surface area (Å²) >= 11 is 1.62. The number of likely N-dealkylation sites (tertiary alicyclic amines) is 1. The van der Waals surface area contributed by atoms with Gasteiger partial charge in [-0.25, -0.2) is 13.8 Å². The third kappa shape index (κ3) is 4.51. The molecule has 1 amide bonds. The number of ether oxygens (including phenoxy) is 1. The highest BCUT2D eigenvalue weighted by Crippen LogP contribution is 2.33. The number of thiophene rings is 1. The van der Waals surface area contributed by atoms with Crippen molar-refractivity contribution in [1.29, 1.82) is 0 Å². The SMILES string of the molecule is O=C(CCn1cnc2sc3c(c2c1=O)CCCC3)N1CCC(Oc2ccc(F)cc2F)CC1. The summed E-state index contributed by atoms with van der Waals surface area (Å²) in [5.41, 5.74) is 1.10. The van der Waals surface area contributed by atoms with Crippen molar-refractivity contribution in [3.63, 3.8) is 0 Å². The maximum atomic E-state index is 13.8. The number of piperidine rings is 1. The Kier molecular flexibility index (Phi) is 6.14. The molecule has 0 spiro atoms. The van der Waals surface area contributed by atoms with Gasteiger partial charge in [-0.15, -0.1) is 11.3 Å². The van der Waals surface area contributed by atoms with Gasteiger partial charge in [0.15, 0.2) is 11.6 Å². The van der Waals surface area contributed by atoms with Gasteiger partial charge in [-0.1, -0.05) is 0 Å². The number of carbonyl (C=O) groups excluding carboxylic acids is 1. The number of aromatic nitrogens is 2. The lowest BCUT2D eigenvalue weighted by Crippen LogP contribution is -2.42. The van der Waals surface area contributed by atoms with E-state index in [0.29, 0.717) is 32.5 Å². The molecule has 1 fully saturated rings. The summed E-state index contributed by atoms with van der Waals surface area (Å²) in [6.45, 7) is 1.29. The van der Waals surface area contributed by atoms with Gasteiger partial charge in [-0.2, -0.15) is 0 Å². The highest BCUT2D eigenvalue weighted by atomic mass is 32.1. The van der Waals surface area contributed by atoms with Crippen LogP contribution in [0.4, 0.5) is 8.78 Å². The molecule has 2 aliphatic rings. The van der Waals surface area contributed by atoms with E-state index in [1.807, 2.05) is 0 Å². The molecular formula is C24H25F2N3O3S. The molecule has 1 aromatic carbocycles. The monoisotopic (exact) mass is 473 g/mol. The fourth-order valence-electron chi connectivity index (χ4n) is 4.69. The van der Waals surface area contributed by atoms with Crippen LogP contribution in [-0.4, -0.2) is 39.6 Å². The number of aryl methyl sites for hydroxylation is 3. The van der Waals surface area contributed by atoms with Crippen LogP contribution in [0.25, 0.3) is 10.2 Å². The molecule has 0 radical (unpaired) electrons. The van der Waals surface area contributed by atoms with Crippen molar-refractivity contribution in [2.75, 3.05) is 13.1 Å². The van der Waals surface area contributed by atoms with Crippen LogP contribution in [0.15, 0.2) is 29.3 Å². The second-order valence-corrected chi connectivity index (χ2v) is 9.74. The lowest BCUT2D eigenvalue weighted by molar-refractivity contribution is -0.133. The smallest absolute Gasteiger partial charge is 0.262 e. The Morgan fingerprint density at radius 2 is 1.97 bits per heavy atom. The second kappa shape index (κ2) is 9.21. The minimum atomic E-state index is -0.726. The summed E-state index contributed by atoms with van der Waals surface area (Å²) in [6, 6.07) is 3.25. The lowest BCUT2D eigenvalue weighted by Gasteiger charge is -2.32. The first-order chi connectivity index (χ1) is 16.0. The average molecular weight is 474 g/mol. The Bertz CT molecular complexity index is 1250. The summed E-state index contributed by atoms with van der Waals surface area (Å²) in [4.78, 5) is 34.1. The first-order valence-electron chi connectivity index (χ1n) is 11.4. The highest BCUT2D eigenvalue weighted by molar-refractivity contribution is 7.18. The van der Waals surface area contributed by atoms with Crippen LogP contribution in [0.3, 0.4) is 0 Å². The first-order valence-corrected chi connectivity index (χ1v) is 12.2. The third-order valence-electron chi connectivity index (χ3n) is 6.49. The van der Waals surface area contributed by atoms with Gasteiger partial charge in [0, 0.05) is 49.8 Å². The molecule has 0 unspecified atom stereocenters. The van der Waals surface area contributed by atoms with Gasteiger partial charge in [0.25, 0.3) is 5.56 Å². The minimum absolute atomic E-state index is 0.0269. The van der Waals surface area contributed by atoms with E-state index in [-0.39, 0.29) is 29.7 Å². The molecule has 5 rings (SSSR count). The summed E-state index contributed by atoms with van der Waals surface area (Å²) in [7, 11) is 0. The number of benzene rings is 1. The van der Waals surface area contributed by atoms with E-state index in [2.05, 4.69) is 4.98 Å². The van der Waals surface area contributed by atoms with E-state index in [1.54, 1.807) is 27.1 Å². The van der Waals surface area contributed by atoms with Gasteiger partial charge in [0.05, 0.1) is 11.7 Å². The van der Waals surface area contributed by atoms with Crippen LogP contribution in [0.2, 0.25) is 0 Å². The average Bonchev–Trinajstić information content (AvgIpc) is 3.20. The van der Waals surface area contributed by atoms with E-state index in [0.717, 1.165) is 53.6 Å². The number of nitrogens with zero attached hydrogens (tertiary/aromatic N) is 3. The van der Waals surface area contributed by atoms with Crippen molar-refractivity contribution in [1.82, 2.24) is 14.5 Å². The van der Waals surface area contributed by atoms with Crippen molar-refractivity contribution < 1.29 is 18.3 Å². The fraction of sp³-hybridized carbons (Fsp3) is 0.458. The predicted molar refractivity (Wildman–Crippen MR) is 122 cm³/mol. The van der Waals surface area contributed by atoms with Crippen LogP contribution in [0, 0.1) is 11.6 Å². The Morgan fingerprint density at radius 1 is 1.18 bits per heavy atom. The Morgan fingerprint density at radius 3 is 2.76 bits per heavy atom. The molecule has 1 aliphatic carbocycles. The summed E-state index contributed by atoms with van der Waals surface area (Å²) in [6.07, 6.45) is 6.87. The molecule has 2 aromatic heterocycles. The molecule has 0 saturated carbocycles. The third-order valence-corrected chi connectivity index (χ3v) is 7.69. The Hall–Kier alpha value is -2.81.